The van der Waals surface area contributed by atoms with Gasteiger partial charge < -0.3 is 9.84 Å². The number of ketones is 1. The molecule has 0 aliphatic rings. The van der Waals surface area contributed by atoms with Crippen LogP contribution in [0.1, 0.15) is 15.2 Å². The van der Waals surface area contributed by atoms with E-state index < -0.39 is 34.5 Å². The normalized spacial score (nSPS) is 10.7. The Morgan fingerprint density at radius 3 is 2.36 bits per heavy atom. The number of methoxy groups -OCH3 is 1. The highest BCUT2D eigenvalue weighted by Crippen LogP contribution is 2.33. The van der Waals surface area contributed by atoms with E-state index in [4.69, 9.17) is 0 Å². The maximum Gasteiger partial charge on any atom is 0.206 e. The van der Waals surface area contributed by atoms with Gasteiger partial charge in [0.2, 0.25) is 11.6 Å². The van der Waals surface area contributed by atoms with Gasteiger partial charge in [-0.3, -0.25) is 4.79 Å². The lowest BCUT2D eigenvalue weighted by molar-refractivity contribution is 0.103. The highest BCUT2D eigenvalue weighted by Gasteiger charge is 2.25. The van der Waals surface area contributed by atoms with Gasteiger partial charge >= 0.3 is 0 Å². The van der Waals surface area contributed by atoms with Gasteiger partial charge in [0.1, 0.15) is 5.75 Å². The van der Waals surface area contributed by atoms with E-state index in [2.05, 4.69) is 4.74 Å². The van der Waals surface area contributed by atoms with Crippen molar-refractivity contribution in [3.8, 4) is 21.9 Å². The fourth-order valence-corrected chi connectivity index (χ4v) is 3.26. The van der Waals surface area contributed by atoms with Crippen molar-refractivity contribution in [3.63, 3.8) is 0 Å². The summed E-state index contributed by atoms with van der Waals surface area (Å²) in [6.07, 6.45) is 0. The van der Waals surface area contributed by atoms with Crippen molar-refractivity contribution in [1.29, 1.82) is 0 Å². The zero-order chi connectivity index (χ0) is 18.1. The second-order valence-electron chi connectivity index (χ2n) is 5.11. The first kappa shape index (κ1) is 17.0. The van der Waals surface area contributed by atoms with Gasteiger partial charge in [-0.05, 0) is 48.0 Å². The molecule has 25 heavy (non-hydrogen) atoms. The van der Waals surface area contributed by atoms with Gasteiger partial charge in [-0.1, -0.05) is 0 Å². The van der Waals surface area contributed by atoms with Gasteiger partial charge in [-0.25, -0.2) is 8.78 Å². The Hall–Kier alpha value is -2.80. The number of aromatic hydroxyl groups is 1. The first-order valence-corrected chi connectivity index (χ1v) is 7.89. The Balaban J connectivity index is 2.00. The van der Waals surface area contributed by atoms with Crippen LogP contribution >= 0.6 is 11.3 Å². The third-order valence-corrected chi connectivity index (χ3v) is 4.68. The summed E-state index contributed by atoms with van der Waals surface area (Å²) in [4.78, 5) is 13.4. The number of halogens is 3. The number of phenolic OH excluding ortho intramolecular Hbond substituents is 1. The molecule has 0 saturated carbocycles. The maximum atomic E-state index is 14.2. The van der Waals surface area contributed by atoms with E-state index in [9.17, 15) is 23.1 Å². The van der Waals surface area contributed by atoms with Crippen LogP contribution in [0, 0.1) is 17.5 Å². The molecule has 1 N–H and O–H groups in total. The van der Waals surface area contributed by atoms with E-state index in [1.54, 1.807) is 18.2 Å². The zero-order valence-corrected chi connectivity index (χ0v) is 13.7. The first-order valence-electron chi connectivity index (χ1n) is 7.07. The minimum atomic E-state index is -1.48. The van der Waals surface area contributed by atoms with Crippen LogP contribution in [0.5, 0.6) is 11.5 Å². The summed E-state index contributed by atoms with van der Waals surface area (Å²) >= 11 is 1.07. The Morgan fingerprint density at radius 2 is 1.72 bits per heavy atom. The lowest BCUT2D eigenvalue weighted by atomic mass is 10.1. The fourth-order valence-electron chi connectivity index (χ4n) is 2.30. The van der Waals surface area contributed by atoms with E-state index in [1.807, 2.05) is 0 Å². The molecular formula is C18H11F3O3S. The van der Waals surface area contributed by atoms with Crippen molar-refractivity contribution in [2.45, 2.75) is 0 Å². The van der Waals surface area contributed by atoms with Crippen LogP contribution < -0.4 is 4.74 Å². The Bertz CT molecular complexity index is 949. The fraction of sp³-hybridized carbons (Fsp3) is 0.0556. The Morgan fingerprint density at radius 1 is 1.04 bits per heavy atom. The molecule has 3 rings (SSSR count). The summed E-state index contributed by atoms with van der Waals surface area (Å²) in [5, 5.41) is 9.30. The minimum absolute atomic E-state index is 0.104. The molecule has 0 atom stereocenters. The van der Waals surface area contributed by atoms with Gasteiger partial charge in [-0.2, -0.15) is 4.39 Å². The summed E-state index contributed by atoms with van der Waals surface area (Å²) in [5.41, 5.74) is 0.153. The molecule has 0 bridgehead atoms. The molecule has 0 fully saturated rings. The number of phenols is 1. The van der Waals surface area contributed by atoms with Gasteiger partial charge in [0.15, 0.2) is 17.4 Å². The molecule has 0 unspecified atom stereocenters. The molecule has 1 aromatic heterocycles. The summed E-state index contributed by atoms with van der Waals surface area (Å²) in [6, 6.07) is 9.97. The van der Waals surface area contributed by atoms with Crippen LogP contribution in [0.2, 0.25) is 0 Å². The Kier molecular flexibility index (Phi) is 4.50. The van der Waals surface area contributed by atoms with Gasteiger partial charge in [0, 0.05) is 4.88 Å². The highest BCUT2D eigenvalue weighted by molar-refractivity contribution is 7.17. The SMILES string of the molecule is COc1c(F)c(F)cc(C(=O)c2ccc(-c3ccc(O)cc3)s2)c1F. The van der Waals surface area contributed by atoms with Crippen molar-refractivity contribution < 1.29 is 27.8 Å². The zero-order valence-electron chi connectivity index (χ0n) is 12.8. The van der Waals surface area contributed by atoms with Gasteiger partial charge in [-0.15, -0.1) is 11.3 Å². The molecule has 0 amide bonds. The van der Waals surface area contributed by atoms with Crippen LogP contribution in [-0.4, -0.2) is 18.0 Å². The average Bonchev–Trinajstić information content (AvgIpc) is 3.09. The number of carbonyl (C=O) groups excluding carboxylic acids is 1. The summed E-state index contributed by atoms with van der Waals surface area (Å²) in [7, 11) is 0.989. The predicted octanol–water partition coefficient (Wildman–Crippen LogP) is 4.78. The molecule has 7 heteroatoms. The highest BCUT2D eigenvalue weighted by atomic mass is 32.1. The molecule has 128 valence electrons. The monoisotopic (exact) mass is 364 g/mol. The second kappa shape index (κ2) is 6.60. The lowest BCUT2D eigenvalue weighted by Gasteiger charge is -2.08. The van der Waals surface area contributed by atoms with E-state index in [-0.39, 0.29) is 10.6 Å². The number of carbonyl (C=O) groups is 1. The van der Waals surface area contributed by atoms with E-state index >= 15 is 0 Å². The van der Waals surface area contributed by atoms with Crippen LogP contribution in [0.25, 0.3) is 10.4 Å². The molecule has 0 spiro atoms. The van der Waals surface area contributed by atoms with Crippen LogP contribution in [0.15, 0.2) is 42.5 Å². The van der Waals surface area contributed by atoms with Crippen LogP contribution in [0.4, 0.5) is 13.2 Å². The van der Waals surface area contributed by atoms with Crippen molar-refractivity contribution >= 4 is 17.1 Å². The third kappa shape index (κ3) is 3.10. The van der Waals surface area contributed by atoms with Crippen molar-refractivity contribution in [1.82, 2.24) is 0 Å². The summed E-state index contributed by atoms with van der Waals surface area (Å²) in [6.45, 7) is 0. The summed E-state index contributed by atoms with van der Waals surface area (Å²) in [5.74, 6) is -5.69. The van der Waals surface area contributed by atoms with Crippen molar-refractivity contribution in [3.05, 3.63) is 70.4 Å². The molecule has 2 aromatic carbocycles. The quantitative estimate of drug-likeness (QED) is 0.535. The number of benzene rings is 2. The van der Waals surface area contributed by atoms with Gasteiger partial charge in [0.25, 0.3) is 0 Å². The predicted molar refractivity (Wildman–Crippen MR) is 87.7 cm³/mol. The maximum absolute atomic E-state index is 14.2. The minimum Gasteiger partial charge on any atom is -0.508 e. The first-order chi connectivity index (χ1) is 11.9. The molecule has 0 saturated heterocycles. The third-order valence-electron chi connectivity index (χ3n) is 3.55. The van der Waals surface area contributed by atoms with Crippen molar-refractivity contribution in [2.75, 3.05) is 7.11 Å². The molecular weight excluding hydrogens is 353 g/mol. The number of hydrogen-bond acceptors (Lipinski definition) is 4. The molecule has 3 nitrogen and oxygen atoms in total. The van der Waals surface area contributed by atoms with Crippen molar-refractivity contribution in [2.24, 2.45) is 0 Å². The standard InChI is InChI=1S/C18H11F3O3S/c1-24-18-15(20)11(8-12(19)16(18)21)17(23)14-7-6-13(25-14)9-2-4-10(22)5-3-9/h2-8,22H,1H3. The molecule has 0 aliphatic carbocycles. The van der Waals surface area contributed by atoms with Gasteiger partial charge in [0.05, 0.1) is 17.6 Å². The van der Waals surface area contributed by atoms with E-state index in [0.717, 1.165) is 24.0 Å². The molecule has 0 radical (unpaired) electrons. The largest absolute Gasteiger partial charge is 0.508 e. The number of hydrogen-bond donors (Lipinski definition) is 1. The number of thiophene rings is 1. The molecule has 0 aliphatic heterocycles. The molecule has 3 aromatic rings. The van der Waals surface area contributed by atoms with E-state index in [1.165, 1.54) is 18.2 Å². The second-order valence-corrected chi connectivity index (χ2v) is 6.19. The van der Waals surface area contributed by atoms with Crippen LogP contribution in [0.3, 0.4) is 0 Å². The summed E-state index contributed by atoms with van der Waals surface area (Å²) < 4.78 is 45.8. The van der Waals surface area contributed by atoms with Crippen LogP contribution in [-0.2, 0) is 0 Å². The van der Waals surface area contributed by atoms with E-state index in [0.29, 0.717) is 10.9 Å². The molecule has 1 heterocycles. The number of rotatable bonds is 4. The average molecular weight is 364 g/mol. The smallest absolute Gasteiger partial charge is 0.206 e. The topological polar surface area (TPSA) is 46.5 Å². The number of ether oxygens (including phenoxy) is 1. The Labute approximate surface area is 144 Å². The lowest BCUT2D eigenvalue weighted by Crippen LogP contribution is -2.07.